The molecule has 0 fully saturated rings. The molecule has 0 spiro atoms. The van der Waals surface area contributed by atoms with Gasteiger partial charge in [0.25, 0.3) is 5.69 Å². The third kappa shape index (κ3) is 3.13. The Morgan fingerprint density at radius 3 is 2.74 bits per heavy atom. The first kappa shape index (κ1) is 13.6. The Morgan fingerprint density at radius 1 is 1.42 bits per heavy atom. The largest absolute Gasteiger partial charge is 0.461 e. The van der Waals surface area contributed by atoms with Crippen LogP contribution in [0, 0.1) is 10.1 Å². The molecule has 19 heavy (non-hydrogen) atoms. The van der Waals surface area contributed by atoms with Crippen LogP contribution in [0.5, 0.6) is 0 Å². The summed E-state index contributed by atoms with van der Waals surface area (Å²) in [5, 5.41) is 20.2. The molecular formula is C13H12ClNO4. The minimum Gasteiger partial charge on any atom is -0.461 e. The van der Waals surface area contributed by atoms with Crippen LogP contribution in [0.25, 0.3) is 11.3 Å². The zero-order valence-electron chi connectivity index (χ0n) is 10.2. The van der Waals surface area contributed by atoms with Crippen LogP contribution in [-0.2, 0) is 6.42 Å². The van der Waals surface area contributed by atoms with Crippen molar-refractivity contribution in [3.63, 3.8) is 0 Å². The molecule has 2 aromatic rings. The lowest BCUT2D eigenvalue weighted by Crippen LogP contribution is -2.02. The van der Waals surface area contributed by atoms with E-state index in [2.05, 4.69) is 0 Å². The lowest BCUT2D eigenvalue weighted by molar-refractivity contribution is -0.384. The van der Waals surface area contributed by atoms with Gasteiger partial charge >= 0.3 is 0 Å². The van der Waals surface area contributed by atoms with E-state index >= 15 is 0 Å². The summed E-state index contributed by atoms with van der Waals surface area (Å²) in [6.45, 7) is 1.67. The van der Waals surface area contributed by atoms with Crippen LogP contribution in [-0.4, -0.2) is 16.1 Å². The molecule has 0 radical (unpaired) electrons. The molecule has 0 saturated carbocycles. The Balaban J connectivity index is 2.31. The van der Waals surface area contributed by atoms with Gasteiger partial charge in [-0.25, -0.2) is 0 Å². The van der Waals surface area contributed by atoms with Gasteiger partial charge in [0.2, 0.25) is 0 Å². The van der Waals surface area contributed by atoms with E-state index in [1.807, 2.05) is 0 Å². The average Bonchev–Trinajstić information content (AvgIpc) is 2.76. The van der Waals surface area contributed by atoms with E-state index in [0.717, 1.165) is 0 Å². The smallest absolute Gasteiger partial charge is 0.270 e. The number of hydrogen-bond donors (Lipinski definition) is 1. The van der Waals surface area contributed by atoms with Crippen molar-refractivity contribution in [2.45, 2.75) is 19.4 Å². The summed E-state index contributed by atoms with van der Waals surface area (Å²) in [5.41, 5.74) is 0.522. The van der Waals surface area contributed by atoms with Crippen molar-refractivity contribution < 1.29 is 14.4 Å². The number of rotatable bonds is 4. The number of hydrogen-bond acceptors (Lipinski definition) is 4. The molecule has 6 heteroatoms. The molecular weight excluding hydrogens is 270 g/mol. The quantitative estimate of drug-likeness (QED) is 0.688. The maximum Gasteiger partial charge on any atom is 0.270 e. The monoisotopic (exact) mass is 281 g/mol. The number of aliphatic hydroxyl groups is 1. The summed E-state index contributed by atoms with van der Waals surface area (Å²) in [6.07, 6.45) is -0.0868. The average molecular weight is 282 g/mol. The van der Waals surface area contributed by atoms with E-state index in [0.29, 0.717) is 23.5 Å². The van der Waals surface area contributed by atoms with Crippen LogP contribution >= 0.6 is 11.6 Å². The Kier molecular flexibility index (Phi) is 3.87. The first-order chi connectivity index (χ1) is 8.97. The molecule has 0 aliphatic heterocycles. The molecule has 1 aromatic carbocycles. The zero-order valence-corrected chi connectivity index (χ0v) is 10.9. The number of furan rings is 1. The van der Waals surface area contributed by atoms with Gasteiger partial charge in [-0.1, -0.05) is 11.6 Å². The van der Waals surface area contributed by atoms with Gasteiger partial charge < -0.3 is 9.52 Å². The topological polar surface area (TPSA) is 76.5 Å². The van der Waals surface area contributed by atoms with E-state index in [-0.39, 0.29) is 10.7 Å². The summed E-state index contributed by atoms with van der Waals surface area (Å²) in [7, 11) is 0. The molecule has 1 heterocycles. The second-order valence-electron chi connectivity index (χ2n) is 4.24. The van der Waals surface area contributed by atoms with Crippen molar-refractivity contribution in [3.8, 4) is 11.3 Å². The minimum atomic E-state index is -0.503. The summed E-state index contributed by atoms with van der Waals surface area (Å²) in [6, 6.07) is 7.68. The second-order valence-corrected chi connectivity index (χ2v) is 4.65. The van der Waals surface area contributed by atoms with Crippen molar-refractivity contribution in [3.05, 3.63) is 51.2 Å². The summed E-state index contributed by atoms with van der Waals surface area (Å²) in [5.74, 6) is 1.16. The fourth-order valence-corrected chi connectivity index (χ4v) is 2.01. The van der Waals surface area contributed by atoms with E-state index in [1.165, 1.54) is 12.1 Å². The Hall–Kier alpha value is -1.85. The van der Waals surface area contributed by atoms with Gasteiger partial charge in [-0.15, -0.1) is 0 Å². The van der Waals surface area contributed by atoms with Crippen molar-refractivity contribution >= 4 is 17.3 Å². The molecule has 0 bridgehead atoms. The molecule has 0 aliphatic rings. The highest BCUT2D eigenvalue weighted by Crippen LogP contribution is 2.32. The van der Waals surface area contributed by atoms with E-state index in [4.69, 9.17) is 16.0 Å². The number of nitro groups is 1. The predicted octanol–water partition coefficient (Wildman–Crippen LogP) is 3.43. The molecule has 1 aromatic heterocycles. The van der Waals surface area contributed by atoms with Gasteiger partial charge in [0.1, 0.15) is 11.5 Å². The van der Waals surface area contributed by atoms with Gasteiger partial charge in [0.15, 0.2) is 0 Å². The van der Waals surface area contributed by atoms with Crippen LogP contribution in [0.3, 0.4) is 0 Å². The van der Waals surface area contributed by atoms with Crippen LogP contribution in [0.15, 0.2) is 34.7 Å². The fraction of sp³-hybridized carbons (Fsp3) is 0.231. The predicted molar refractivity (Wildman–Crippen MR) is 71.2 cm³/mol. The van der Waals surface area contributed by atoms with Crippen LogP contribution < -0.4 is 0 Å². The van der Waals surface area contributed by atoms with Crippen LogP contribution in [0.1, 0.15) is 12.7 Å². The maximum absolute atomic E-state index is 10.6. The summed E-state index contributed by atoms with van der Waals surface area (Å²) < 4.78 is 5.55. The highest BCUT2D eigenvalue weighted by atomic mass is 35.5. The third-order valence-corrected chi connectivity index (χ3v) is 2.90. The number of aliphatic hydroxyl groups excluding tert-OH is 1. The van der Waals surface area contributed by atoms with Gasteiger partial charge in [0.05, 0.1) is 16.0 Å². The third-order valence-electron chi connectivity index (χ3n) is 2.59. The van der Waals surface area contributed by atoms with Crippen molar-refractivity contribution in [1.29, 1.82) is 0 Å². The molecule has 1 N–H and O–H groups in total. The Labute approximate surface area is 114 Å². The van der Waals surface area contributed by atoms with Gasteiger partial charge in [-0.2, -0.15) is 0 Å². The van der Waals surface area contributed by atoms with Gasteiger partial charge in [0, 0.05) is 24.1 Å². The normalized spacial score (nSPS) is 12.4. The minimum absolute atomic E-state index is 0.0653. The van der Waals surface area contributed by atoms with E-state index in [1.54, 1.807) is 25.1 Å². The zero-order chi connectivity index (χ0) is 14.0. The maximum atomic E-state index is 10.6. The first-order valence-corrected chi connectivity index (χ1v) is 6.06. The van der Waals surface area contributed by atoms with Gasteiger partial charge in [-0.3, -0.25) is 10.1 Å². The fourth-order valence-electron chi connectivity index (χ4n) is 1.74. The van der Waals surface area contributed by atoms with Crippen molar-refractivity contribution in [1.82, 2.24) is 0 Å². The number of halogens is 1. The van der Waals surface area contributed by atoms with Crippen LogP contribution in [0.4, 0.5) is 5.69 Å². The first-order valence-electron chi connectivity index (χ1n) is 5.68. The van der Waals surface area contributed by atoms with Crippen molar-refractivity contribution in [2.75, 3.05) is 0 Å². The molecule has 5 nitrogen and oxygen atoms in total. The van der Waals surface area contributed by atoms with E-state index < -0.39 is 11.0 Å². The second kappa shape index (κ2) is 5.42. The number of benzene rings is 1. The lowest BCUT2D eigenvalue weighted by atomic mass is 10.1. The molecule has 0 amide bonds. The molecule has 1 atom stereocenters. The molecule has 1 unspecified atom stereocenters. The lowest BCUT2D eigenvalue weighted by Gasteiger charge is -2.02. The Bertz CT molecular complexity index is 606. The SMILES string of the molecule is CC(O)Cc1ccc(-c2ccc([N+](=O)[O-])cc2Cl)o1. The summed E-state index contributed by atoms with van der Waals surface area (Å²) in [4.78, 5) is 10.1. The van der Waals surface area contributed by atoms with Crippen molar-refractivity contribution in [2.24, 2.45) is 0 Å². The number of nitro benzene ring substituents is 1. The highest BCUT2D eigenvalue weighted by molar-refractivity contribution is 6.33. The molecule has 0 aliphatic carbocycles. The van der Waals surface area contributed by atoms with Gasteiger partial charge in [-0.05, 0) is 25.1 Å². The molecule has 0 saturated heterocycles. The molecule has 100 valence electrons. The number of nitrogens with zero attached hydrogens (tertiary/aromatic N) is 1. The van der Waals surface area contributed by atoms with Crippen LogP contribution in [0.2, 0.25) is 5.02 Å². The Morgan fingerprint density at radius 2 is 2.16 bits per heavy atom. The standard InChI is InChI=1S/C13H12ClNO4/c1-8(16)6-10-3-5-13(19-10)11-4-2-9(15(17)18)7-12(11)14/h2-5,7-8,16H,6H2,1H3. The number of non-ortho nitro benzene ring substituents is 1. The van der Waals surface area contributed by atoms with E-state index in [9.17, 15) is 15.2 Å². The highest BCUT2D eigenvalue weighted by Gasteiger charge is 2.14. The molecule has 2 rings (SSSR count). The summed E-state index contributed by atoms with van der Waals surface area (Å²) >= 11 is 6.01.